The number of alkyl halides is 2. The Balaban J connectivity index is 1.67. The number of aryl methyl sites for hydroxylation is 1. The Hall–Kier alpha value is -2.73. The van der Waals surface area contributed by atoms with E-state index in [1.165, 1.54) is 6.07 Å². The Morgan fingerprint density at radius 1 is 1.31 bits per heavy atom. The predicted molar refractivity (Wildman–Crippen MR) is 125 cm³/mol. The Bertz CT molecular complexity index is 1420. The molecule has 0 radical (unpaired) electrons. The minimum atomic E-state index is -4.05. The third-order valence-corrected chi connectivity index (χ3v) is 8.95. The molecule has 3 aromatic rings. The monoisotopic (exact) mass is 523 g/mol. The number of aromatic nitrogens is 4. The lowest BCUT2D eigenvalue weighted by atomic mass is 9.97. The van der Waals surface area contributed by atoms with Crippen LogP contribution in [0.4, 0.5) is 14.5 Å². The van der Waals surface area contributed by atoms with E-state index in [0.29, 0.717) is 53.9 Å². The van der Waals surface area contributed by atoms with Crippen LogP contribution in [0.2, 0.25) is 0 Å². The number of rotatable bonds is 7. The number of benzene rings is 1. The van der Waals surface area contributed by atoms with Crippen LogP contribution >= 0.6 is 11.3 Å². The summed E-state index contributed by atoms with van der Waals surface area (Å²) in [5.74, 6) is 0.181. The number of sulfonamides is 1. The molecule has 0 bridgehead atoms. The molecule has 0 atom stereocenters. The Morgan fingerprint density at radius 3 is 2.60 bits per heavy atom. The van der Waals surface area contributed by atoms with Crippen molar-refractivity contribution in [3.05, 3.63) is 28.6 Å². The number of piperidine rings is 1. The summed E-state index contributed by atoms with van der Waals surface area (Å²) in [6.45, 7) is 8.66. The minimum absolute atomic E-state index is 0.0351. The maximum atomic E-state index is 13.3. The van der Waals surface area contributed by atoms with E-state index in [4.69, 9.17) is 6.57 Å². The fourth-order valence-electron chi connectivity index (χ4n) is 4.36. The second kappa shape index (κ2) is 8.74. The van der Waals surface area contributed by atoms with Crippen molar-refractivity contribution in [2.75, 3.05) is 24.6 Å². The van der Waals surface area contributed by atoms with Gasteiger partial charge in [0.1, 0.15) is 5.69 Å². The van der Waals surface area contributed by atoms with Crippen LogP contribution < -0.4 is 9.62 Å². The van der Waals surface area contributed by atoms with Gasteiger partial charge in [-0.05, 0) is 30.9 Å². The first-order valence-corrected chi connectivity index (χ1v) is 13.4. The molecule has 3 heterocycles. The number of hydrogen-bond acceptors (Lipinski definition) is 8. The van der Waals surface area contributed by atoms with Crippen LogP contribution in [0.15, 0.2) is 17.0 Å². The highest BCUT2D eigenvalue weighted by Crippen LogP contribution is 2.41. The second-order valence-electron chi connectivity index (χ2n) is 8.92. The summed E-state index contributed by atoms with van der Waals surface area (Å²) in [6, 6.07) is 3.02. The van der Waals surface area contributed by atoms with E-state index in [-0.39, 0.29) is 28.1 Å². The van der Waals surface area contributed by atoms with Crippen LogP contribution in [-0.2, 0) is 17.1 Å². The number of fused-ring (bicyclic) bond motifs is 1. The van der Waals surface area contributed by atoms with Crippen molar-refractivity contribution in [3.63, 3.8) is 0 Å². The molecule has 1 saturated heterocycles. The molecule has 0 unspecified atom stereocenters. The zero-order valence-corrected chi connectivity index (χ0v) is 20.4. The number of nitrogens with one attached hydrogen (secondary N) is 1. The summed E-state index contributed by atoms with van der Waals surface area (Å²) in [6.07, 6.45) is -0.402. The lowest BCUT2D eigenvalue weighted by Gasteiger charge is -2.33. The molecule has 1 aliphatic heterocycles. The van der Waals surface area contributed by atoms with Gasteiger partial charge in [0.25, 0.3) is 12.1 Å². The smallest absolute Gasteiger partial charge is 0.299 e. The number of halogens is 2. The Kier molecular flexibility index (Phi) is 5.99. The molecule has 5 rings (SSSR count). The molecule has 1 aromatic carbocycles. The van der Waals surface area contributed by atoms with Crippen LogP contribution in [0, 0.1) is 12.5 Å². The molecule has 186 valence electrons. The topological polar surface area (TPSA) is 118 Å². The maximum absolute atomic E-state index is 13.3. The molecule has 1 saturated carbocycles. The summed E-state index contributed by atoms with van der Waals surface area (Å²) in [5.41, 5.74) is 0.423. The minimum Gasteiger partial charge on any atom is -0.396 e. The van der Waals surface area contributed by atoms with Gasteiger partial charge in [0.15, 0.2) is 10.0 Å². The first-order valence-electron chi connectivity index (χ1n) is 11.1. The summed E-state index contributed by atoms with van der Waals surface area (Å²) in [7, 11) is -2.35. The molecular formula is C21H23F2N7O3S2. The van der Waals surface area contributed by atoms with Gasteiger partial charge in [0.2, 0.25) is 10.0 Å². The average Bonchev–Trinajstić information content (AvgIpc) is 3.27. The summed E-state index contributed by atoms with van der Waals surface area (Å²) >= 11 is 0.710. The molecule has 2 N–H and O–H groups in total. The van der Waals surface area contributed by atoms with E-state index in [9.17, 15) is 22.3 Å². The van der Waals surface area contributed by atoms with E-state index in [0.717, 1.165) is 12.8 Å². The Labute approximate surface area is 204 Å². The molecule has 10 nitrogen and oxygen atoms in total. The van der Waals surface area contributed by atoms with E-state index >= 15 is 0 Å². The second-order valence-corrected chi connectivity index (χ2v) is 11.6. The third kappa shape index (κ3) is 4.37. The summed E-state index contributed by atoms with van der Waals surface area (Å²) in [4.78, 5) is 5.46. The molecule has 2 aliphatic rings. The van der Waals surface area contributed by atoms with Crippen molar-refractivity contribution < 1.29 is 22.3 Å². The third-order valence-electron chi connectivity index (χ3n) is 6.51. The SMILES string of the molecule is [C-]#[N+]C1(NS(=O)(=O)c2cc(N3CCC(CO)CC3)c3c(c2)c(-c2nnc(C(F)F)s2)nn3C)CC1. The van der Waals surface area contributed by atoms with Crippen molar-refractivity contribution in [2.24, 2.45) is 13.0 Å². The lowest BCUT2D eigenvalue weighted by Crippen LogP contribution is -2.36. The molecular weight excluding hydrogens is 500 g/mol. The average molecular weight is 524 g/mol. The van der Waals surface area contributed by atoms with Gasteiger partial charge >= 0.3 is 0 Å². The fraction of sp³-hybridized carbons (Fsp3) is 0.524. The number of hydrogen-bond donors (Lipinski definition) is 2. The number of aliphatic hydroxyl groups is 1. The highest BCUT2D eigenvalue weighted by atomic mass is 32.2. The van der Waals surface area contributed by atoms with Gasteiger partial charge in [-0.1, -0.05) is 11.3 Å². The lowest BCUT2D eigenvalue weighted by molar-refractivity contribution is 0.150. The van der Waals surface area contributed by atoms with Crippen LogP contribution in [0.3, 0.4) is 0 Å². The van der Waals surface area contributed by atoms with Crippen molar-refractivity contribution in [2.45, 2.75) is 42.7 Å². The van der Waals surface area contributed by atoms with Crippen LogP contribution in [0.5, 0.6) is 0 Å². The molecule has 2 fully saturated rings. The van der Waals surface area contributed by atoms with Crippen molar-refractivity contribution in [3.8, 4) is 10.7 Å². The largest absolute Gasteiger partial charge is 0.396 e. The van der Waals surface area contributed by atoms with Gasteiger partial charge in [0, 0.05) is 32.1 Å². The maximum Gasteiger partial charge on any atom is 0.299 e. The highest BCUT2D eigenvalue weighted by Gasteiger charge is 2.54. The quantitative estimate of drug-likeness (QED) is 0.457. The standard InChI is InChI=1S/C21H23F2N7O3S2/c1-24-21(5-6-21)28-35(32,33)13-9-14-16(19-25-26-20(34-19)18(22)23)27-29(2)17(14)15(10-13)30-7-3-12(11-31)4-8-30/h9-10,12,18,28,31H,3-8,11H2,2H3. The van der Waals surface area contributed by atoms with Gasteiger partial charge in [-0.2, -0.15) is 5.10 Å². The van der Waals surface area contributed by atoms with Crippen LogP contribution in [0.1, 0.15) is 37.1 Å². The number of aliphatic hydroxyl groups excluding tert-OH is 1. The highest BCUT2D eigenvalue weighted by molar-refractivity contribution is 7.89. The van der Waals surface area contributed by atoms with Gasteiger partial charge in [-0.25, -0.2) is 23.8 Å². The van der Waals surface area contributed by atoms with Gasteiger partial charge in [-0.3, -0.25) is 9.53 Å². The normalized spacial score (nSPS) is 18.3. The number of anilines is 1. The molecule has 0 amide bonds. The van der Waals surface area contributed by atoms with Gasteiger partial charge in [-0.15, -0.1) is 14.9 Å². The van der Waals surface area contributed by atoms with Crippen molar-refractivity contribution in [1.82, 2.24) is 24.7 Å². The van der Waals surface area contributed by atoms with Crippen LogP contribution in [0.25, 0.3) is 26.4 Å². The Morgan fingerprint density at radius 2 is 2.03 bits per heavy atom. The number of nitrogens with zero attached hydrogens (tertiary/aromatic N) is 6. The van der Waals surface area contributed by atoms with Crippen LogP contribution in [-0.4, -0.2) is 58.9 Å². The zero-order valence-electron chi connectivity index (χ0n) is 18.8. The van der Waals surface area contributed by atoms with Crippen molar-refractivity contribution in [1.29, 1.82) is 0 Å². The van der Waals surface area contributed by atoms with E-state index < -0.39 is 27.1 Å². The van der Waals surface area contributed by atoms with Gasteiger partial charge in [0.05, 0.1) is 28.9 Å². The summed E-state index contributed by atoms with van der Waals surface area (Å²) in [5, 5.41) is 21.6. The molecule has 14 heteroatoms. The molecule has 2 aromatic heterocycles. The van der Waals surface area contributed by atoms with Gasteiger partial charge < -0.3 is 10.0 Å². The van der Waals surface area contributed by atoms with E-state index in [1.807, 2.05) is 4.90 Å². The first kappa shape index (κ1) is 24.0. The predicted octanol–water partition coefficient (Wildman–Crippen LogP) is 2.93. The molecule has 0 spiro atoms. The molecule has 1 aliphatic carbocycles. The zero-order chi connectivity index (χ0) is 25.0. The van der Waals surface area contributed by atoms with E-state index in [1.54, 1.807) is 17.8 Å². The summed E-state index contributed by atoms with van der Waals surface area (Å²) < 4.78 is 57.0. The first-order chi connectivity index (χ1) is 16.7. The van der Waals surface area contributed by atoms with E-state index in [2.05, 4.69) is 24.9 Å². The van der Waals surface area contributed by atoms with Crippen molar-refractivity contribution >= 4 is 38.0 Å². The fourth-order valence-corrected chi connectivity index (χ4v) is 6.47. The molecule has 35 heavy (non-hydrogen) atoms.